The average Bonchev–Trinajstić information content (AvgIpc) is 2.76. The fourth-order valence-electron chi connectivity index (χ4n) is 1.11. The number of carboxylic acid groups (broad SMARTS) is 1. The Morgan fingerprint density at radius 2 is 2.24 bits per heavy atom. The van der Waals surface area contributed by atoms with Crippen molar-refractivity contribution in [1.29, 1.82) is 0 Å². The lowest BCUT2D eigenvalue weighted by molar-refractivity contribution is -0.139. The fraction of sp³-hybridized carbons (Fsp3) is 0.333. The van der Waals surface area contributed by atoms with Crippen molar-refractivity contribution in [2.75, 3.05) is 0 Å². The second-order valence-electron chi connectivity index (χ2n) is 3.25. The van der Waals surface area contributed by atoms with Gasteiger partial charge in [0.1, 0.15) is 6.04 Å². The van der Waals surface area contributed by atoms with Gasteiger partial charge in [0.05, 0.1) is 6.20 Å². The lowest BCUT2D eigenvalue weighted by atomic mass is 10.1. The highest BCUT2D eigenvalue weighted by Gasteiger charge is 2.22. The zero-order valence-corrected chi connectivity index (χ0v) is 8.75. The molecule has 0 aliphatic heterocycles. The van der Waals surface area contributed by atoms with Crippen molar-refractivity contribution in [3.63, 3.8) is 0 Å². The van der Waals surface area contributed by atoms with Crippen LogP contribution in [0.3, 0.4) is 0 Å². The number of nitrogens with two attached hydrogens (primary N) is 1. The molecule has 0 saturated carbocycles. The molecule has 1 aromatic rings. The van der Waals surface area contributed by atoms with Crippen LogP contribution in [-0.4, -0.2) is 34.1 Å². The molecule has 0 bridgehead atoms. The monoisotopic (exact) mass is 241 g/mol. The van der Waals surface area contributed by atoms with Gasteiger partial charge >= 0.3 is 5.97 Å². The van der Waals surface area contributed by atoms with Gasteiger partial charge in [-0.05, 0) is 6.42 Å². The molecule has 1 aromatic heterocycles. The highest BCUT2D eigenvalue weighted by Crippen LogP contribution is 2.01. The molecule has 0 radical (unpaired) electrons. The number of aromatic nitrogens is 1. The van der Waals surface area contributed by atoms with Crippen LogP contribution in [0.2, 0.25) is 0 Å². The number of carboxylic acids is 1. The molecule has 2 amide bonds. The van der Waals surface area contributed by atoms with Crippen molar-refractivity contribution in [2.24, 2.45) is 5.73 Å². The minimum Gasteiger partial charge on any atom is -0.480 e. The first-order chi connectivity index (χ1) is 8.00. The maximum atomic E-state index is 11.4. The van der Waals surface area contributed by atoms with Gasteiger partial charge in [0.2, 0.25) is 11.7 Å². The van der Waals surface area contributed by atoms with E-state index in [1.807, 2.05) is 0 Å². The topological polar surface area (TPSA) is 136 Å². The number of primary amides is 1. The van der Waals surface area contributed by atoms with Gasteiger partial charge in [-0.15, -0.1) is 0 Å². The number of rotatable bonds is 6. The predicted molar refractivity (Wildman–Crippen MR) is 53.8 cm³/mol. The molecule has 4 N–H and O–H groups in total. The van der Waals surface area contributed by atoms with Gasteiger partial charge in [-0.1, -0.05) is 5.16 Å². The third-order valence-corrected chi connectivity index (χ3v) is 1.94. The summed E-state index contributed by atoms with van der Waals surface area (Å²) in [6.45, 7) is 0. The van der Waals surface area contributed by atoms with Gasteiger partial charge in [0, 0.05) is 12.5 Å². The van der Waals surface area contributed by atoms with Crippen molar-refractivity contribution in [3.05, 3.63) is 18.0 Å². The summed E-state index contributed by atoms with van der Waals surface area (Å²) in [6.07, 6.45) is 1.05. The standard InChI is InChI=1S/C9H11N3O5/c10-7(13)2-1-5(9(15)16)12-8(14)6-3-4-11-17-6/h3-5H,1-2H2,(H2,10,13)(H,12,14)(H,15,16). The van der Waals surface area contributed by atoms with Gasteiger partial charge in [0.25, 0.3) is 5.91 Å². The van der Waals surface area contributed by atoms with E-state index in [2.05, 4.69) is 15.0 Å². The van der Waals surface area contributed by atoms with Gasteiger partial charge in [-0.3, -0.25) is 9.59 Å². The number of hydrogen-bond donors (Lipinski definition) is 3. The van der Waals surface area contributed by atoms with E-state index in [0.29, 0.717) is 0 Å². The molecule has 1 rings (SSSR count). The maximum Gasteiger partial charge on any atom is 0.326 e. The van der Waals surface area contributed by atoms with E-state index < -0.39 is 23.8 Å². The Labute approximate surface area is 95.8 Å². The summed E-state index contributed by atoms with van der Waals surface area (Å²) in [4.78, 5) is 32.8. The van der Waals surface area contributed by atoms with Crippen LogP contribution < -0.4 is 11.1 Å². The third kappa shape index (κ3) is 3.93. The summed E-state index contributed by atoms with van der Waals surface area (Å²) < 4.78 is 4.55. The number of nitrogens with zero attached hydrogens (tertiary/aromatic N) is 1. The van der Waals surface area contributed by atoms with Crippen molar-refractivity contribution in [2.45, 2.75) is 18.9 Å². The van der Waals surface area contributed by atoms with Crippen molar-refractivity contribution in [3.8, 4) is 0 Å². The number of hydrogen-bond acceptors (Lipinski definition) is 5. The van der Waals surface area contributed by atoms with Gasteiger partial charge in [-0.2, -0.15) is 0 Å². The molecule has 92 valence electrons. The van der Waals surface area contributed by atoms with Crippen LogP contribution in [-0.2, 0) is 9.59 Å². The Hall–Kier alpha value is -2.38. The Balaban J connectivity index is 2.58. The molecular formula is C9H11N3O5. The summed E-state index contributed by atoms with van der Waals surface area (Å²) in [6, 6.07) is 0.0996. The lowest BCUT2D eigenvalue weighted by Gasteiger charge is -2.11. The molecule has 8 heteroatoms. The molecule has 8 nitrogen and oxygen atoms in total. The second-order valence-corrected chi connectivity index (χ2v) is 3.25. The molecular weight excluding hydrogens is 230 g/mol. The van der Waals surface area contributed by atoms with Crippen LogP contribution in [0.15, 0.2) is 16.8 Å². The molecule has 17 heavy (non-hydrogen) atoms. The van der Waals surface area contributed by atoms with E-state index in [1.165, 1.54) is 12.3 Å². The molecule has 1 heterocycles. The lowest BCUT2D eigenvalue weighted by Crippen LogP contribution is -2.41. The zero-order chi connectivity index (χ0) is 12.8. The van der Waals surface area contributed by atoms with E-state index in [-0.39, 0.29) is 18.6 Å². The SMILES string of the molecule is NC(=O)CCC(NC(=O)c1ccno1)C(=O)O. The Kier molecular flexibility index (Phi) is 4.21. The number of aliphatic carboxylic acids is 1. The largest absolute Gasteiger partial charge is 0.480 e. The summed E-state index contributed by atoms with van der Waals surface area (Å²) in [7, 11) is 0. The molecule has 0 fully saturated rings. The molecule has 0 aromatic carbocycles. The number of nitrogens with one attached hydrogen (secondary N) is 1. The van der Waals surface area contributed by atoms with E-state index in [9.17, 15) is 14.4 Å². The van der Waals surface area contributed by atoms with Crippen molar-refractivity contribution >= 4 is 17.8 Å². The normalized spacial score (nSPS) is 11.8. The van der Waals surface area contributed by atoms with Gasteiger partial charge in [0.15, 0.2) is 0 Å². The van der Waals surface area contributed by atoms with E-state index in [0.717, 1.165) is 0 Å². The van der Waals surface area contributed by atoms with Crippen LogP contribution >= 0.6 is 0 Å². The van der Waals surface area contributed by atoms with Crippen LogP contribution in [0.1, 0.15) is 23.4 Å². The Bertz CT molecular complexity index is 414. The van der Waals surface area contributed by atoms with Crippen LogP contribution in [0, 0.1) is 0 Å². The van der Waals surface area contributed by atoms with E-state index in [4.69, 9.17) is 10.8 Å². The van der Waals surface area contributed by atoms with Crippen LogP contribution in [0.5, 0.6) is 0 Å². The Morgan fingerprint density at radius 3 is 2.71 bits per heavy atom. The van der Waals surface area contributed by atoms with Crippen molar-refractivity contribution in [1.82, 2.24) is 10.5 Å². The molecule has 1 unspecified atom stereocenters. The molecule has 0 aliphatic carbocycles. The number of carbonyl (C=O) groups excluding carboxylic acids is 2. The van der Waals surface area contributed by atoms with E-state index >= 15 is 0 Å². The summed E-state index contributed by atoms with van der Waals surface area (Å²) in [5, 5.41) is 14.3. The minimum absolute atomic E-state index is 0.0788. The van der Waals surface area contributed by atoms with E-state index in [1.54, 1.807) is 0 Å². The molecule has 0 spiro atoms. The first-order valence-corrected chi connectivity index (χ1v) is 4.73. The molecule has 0 aliphatic rings. The maximum absolute atomic E-state index is 11.4. The molecule has 1 atom stereocenters. The summed E-state index contributed by atoms with van der Waals surface area (Å²) in [5.41, 5.74) is 4.89. The van der Waals surface area contributed by atoms with Crippen LogP contribution in [0.25, 0.3) is 0 Å². The quantitative estimate of drug-likeness (QED) is 0.591. The minimum atomic E-state index is -1.25. The summed E-state index contributed by atoms with van der Waals surface area (Å²) in [5.74, 6) is -2.70. The van der Waals surface area contributed by atoms with Crippen LogP contribution in [0.4, 0.5) is 0 Å². The zero-order valence-electron chi connectivity index (χ0n) is 8.75. The highest BCUT2D eigenvalue weighted by molar-refractivity contribution is 5.94. The first kappa shape index (κ1) is 12.7. The number of carbonyl (C=O) groups is 3. The van der Waals surface area contributed by atoms with Gasteiger partial charge < -0.3 is 20.7 Å². The average molecular weight is 241 g/mol. The number of amides is 2. The summed E-state index contributed by atoms with van der Waals surface area (Å²) >= 11 is 0. The van der Waals surface area contributed by atoms with Crippen molar-refractivity contribution < 1.29 is 24.0 Å². The predicted octanol–water partition coefficient (Wildman–Crippen LogP) is -0.877. The molecule has 0 saturated heterocycles. The van der Waals surface area contributed by atoms with Gasteiger partial charge in [-0.25, -0.2) is 4.79 Å². The third-order valence-electron chi connectivity index (χ3n) is 1.94. The smallest absolute Gasteiger partial charge is 0.326 e. The Morgan fingerprint density at radius 1 is 1.53 bits per heavy atom. The fourth-order valence-corrected chi connectivity index (χ4v) is 1.11. The highest BCUT2D eigenvalue weighted by atomic mass is 16.5. The first-order valence-electron chi connectivity index (χ1n) is 4.73. The second kappa shape index (κ2) is 5.64.